The maximum atomic E-state index is 11.9. The number of amides is 2. The molecule has 0 spiro atoms. The Kier molecular flexibility index (Phi) is 4.78. The first-order chi connectivity index (χ1) is 8.76. The monoisotopic (exact) mass is 283 g/mol. The molecule has 0 aliphatic carbocycles. The molecule has 0 radical (unpaired) electrons. The van der Waals surface area contributed by atoms with Crippen molar-refractivity contribution < 1.29 is 9.59 Å². The second-order valence-electron chi connectivity index (χ2n) is 4.92. The van der Waals surface area contributed by atoms with Crippen LogP contribution in [0.4, 0.5) is 5.69 Å². The summed E-state index contributed by atoms with van der Waals surface area (Å²) in [5.74, 6) is -0.454. The molecule has 0 aliphatic rings. The molecular weight excluding hydrogens is 266 g/mol. The molecule has 0 atom stereocenters. The Morgan fingerprint density at radius 2 is 1.95 bits per heavy atom. The molecule has 0 aliphatic heterocycles. The highest BCUT2D eigenvalue weighted by Crippen LogP contribution is 2.17. The normalized spacial score (nSPS) is 10.9. The van der Waals surface area contributed by atoms with Crippen LogP contribution >= 0.6 is 11.6 Å². The van der Waals surface area contributed by atoms with Crippen molar-refractivity contribution in [1.29, 1.82) is 0 Å². The zero-order chi connectivity index (χ0) is 14.6. The highest BCUT2D eigenvalue weighted by molar-refractivity contribution is 6.31. The van der Waals surface area contributed by atoms with Gasteiger partial charge in [0.1, 0.15) is 0 Å². The molecule has 2 amide bonds. The molecule has 0 saturated carbocycles. The third-order valence-electron chi connectivity index (χ3n) is 2.71. The largest absolute Gasteiger partial charge is 0.399 e. The molecule has 4 N–H and O–H groups in total. The lowest BCUT2D eigenvalue weighted by Gasteiger charge is -2.22. The Hall–Kier alpha value is -1.75. The number of benzene rings is 1. The second kappa shape index (κ2) is 5.93. The summed E-state index contributed by atoms with van der Waals surface area (Å²) in [5, 5.41) is 5.65. The van der Waals surface area contributed by atoms with Crippen molar-refractivity contribution in [2.75, 3.05) is 19.3 Å². The fraction of sp³-hybridized carbons (Fsp3) is 0.385. The lowest BCUT2D eigenvalue weighted by atomic mass is 9.92. The molecule has 6 heteroatoms. The molecule has 0 bridgehead atoms. The molecule has 104 valence electrons. The fourth-order valence-electron chi connectivity index (χ4n) is 1.57. The summed E-state index contributed by atoms with van der Waals surface area (Å²) in [4.78, 5) is 23.5. The average molecular weight is 284 g/mol. The minimum atomic E-state index is -0.686. The molecule has 0 saturated heterocycles. The third kappa shape index (κ3) is 4.13. The summed E-state index contributed by atoms with van der Waals surface area (Å²) in [6, 6.07) is 4.63. The molecule has 1 aromatic rings. The van der Waals surface area contributed by atoms with Crippen molar-refractivity contribution in [2.24, 2.45) is 5.41 Å². The van der Waals surface area contributed by atoms with Crippen molar-refractivity contribution in [3.8, 4) is 0 Å². The molecule has 0 aromatic heterocycles. The molecule has 0 unspecified atom stereocenters. The minimum absolute atomic E-state index is 0.140. The van der Waals surface area contributed by atoms with Crippen LogP contribution in [-0.2, 0) is 4.79 Å². The van der Waals surface area contributed by atoms with Gasteiger partial charge < -0.3 is 16.4 Å². The van der Waals surface area contributed by atoms with E-state index in [0.29, 0.717) is 16.3 Å². The van der Waals surface area contributed by atoms with E-state index in [2.05, 4.69) is 10.6 Å². The third-order valence-corrected chi connectivity index (χ3v) is 2.93. The van der Waals surface area contributed by atoms with E-state index in [1.54, 1.807) is 27.0 Å². The number of nitrogens with two attached hydrogens (primary N) is 1. The van der Waals surface area contributed by atoms with Crippen LogP contribution in [-0.4, -0.2) is 25.4 Å². The van der Waals surface area contributed by atoms with Gasteiger partial charge in [-0.15, -0.1) is 0 Å². The van der Waals surface area contributed by atoms with E-state index in [0.717, 1.165) is 0 Å². The number of hydrogen-bond donors (Lipinski definition) is 3. The number of carbonyl (C=O) groups excluding carboxylic acids is 2. The number of hydrogen-bond acceptors (Lipinski definition) is 3. The predicted molar refractivity (Wildman–Crippen MR) is 76.0 cm³/mol. The van der Waals surface area contributed by atoms with E-state index in [-0.39, 0.29) is 18.4 Å². The Bertz CT molecular complexity index is 480. The van der Waals surface area contributed by atoms with E-state index in [1.165, 1.54) is 12.1 Å². The van der Waals surface area contributed by atoms with Crippen molar-refractivity contribution in [1.82, 2.24) is 10.6 Å². The van der Waals surface area contributed by atoms with Crippen LogP contribution in [0.2, 0.25) is 5.02 Å². The summed E-state index contributed by atoms with van der Waals surface area (Å²) >= 11 is 5.83. The van der Waals surface area contributed by atoms with Crippen LogP contribution in [0.3, 0.4) is 0 Å². The van der Waals surface area contributed by atoms with Crippen molar-refractivity contribution in [2.45, 2.75) is 13.8 Å². The van der Waals surface area contributed by atoms with Crippen LogP contribution in [0.1, 0.15) is 24.2 Å². The highest BCUT2D eigenvalue weighted by atomic mass is 35.5. The maximum Gasteiger partial charge on any atom is 0.251 e. The van der Waals surface area contributed by atoms with Gasteiger partial charge in [0.25, 0.3) is 5.91 Å². The standard InChI is InChI=1S/C13H18ClN3O2/c1-13(2,12(19)16-3)7-17-11(18)8-4-9(14)6-10(15)5-8/h4-6H,7,15H2,1-3H3,(H,16,19)(H,17,18). The van der Waals surface area contributed by atoms with Crippen LogP contribution in [0, 0.1) is 5.41 Å². The number of nitrogens with one attached hydrogen (secondary N) is 2. The predicted octanol–water partition coefficient (Wildman–Crippen LogP) is 1.42. The van der Waals surface area contributed by atoms with E-state index in [1.807, 2.05) is 0 Å². The molecular formula is C13H18ClN3O2. The van der Waals surface area contributed by atoms with Crippen LogP contribution < -0.4 is 16.4 Å². The topological polar surface area (TPSA) is 84.2 Å². The molecule has 19 heavy (non-hydrogen) atoms. The first-order valence-corrected chi connectivity index (χ1v) is 6.20. The summed E-state index contributed by atoms with van der Waals surface area (Å²) in [6.07, 6.45) is 0. The van der Waals surface area contributed by atoms with Crippen LogP contribution in [0.5, 0.6) is 0 Å². The average Bonchev–Trinajstić information content (AvgIpc) is 2.33. The quantitative estimate of drug-likeness (QED) is 0.731. The van der Waals surface area contributed by atoms with Crippen molar-refractivity contribution in [3.63, 3.8) is 0 Å². The van der Waals surface area contributed by atoms with Gasteiger partial charge in [-0.2, -0.15) is 0 Å². The second-order valence-corrected chi connectivity index (χ2v) is 5.36. The van der Waals surface area contributed by atoms with Gasteiger partial charge in [-0.1, -0.05) is 11.6 Å². The number of carbonyl (C=O) groups is 2. The van der Waals surface area contributed by atoms with Crippen molar-refractivity contribution in [3.05, 3.63) is 28.8 Å². The van der Waals surface area contributed by atoms with Gasteiger partial charge in [0.2, 0.25) is 5.91 Å². The highest BCUT2D eigenvalue weighted by Gasteiger charge is 2.27. The minimum Gasteiger partial charge on any atom is -0.399 e. The molecule has 5 nitrogen and oxygen atoms in total. The Morgan fingerprint density at radius 3 is 2.47 bits per heavy atom. The van der Waals surface area contributed by atoms with E-state index < -0.39 is 5.41 Å². The first-order valence-electron chi connectivity index (χ1n) is 5.83. The Labute approximate surface area is 117 Å². The molecule has 0 heterocycles. The van der Waals surface area contributed by atoms with E-state index in [4.69, 9.17) is 17.3 Å². The molecule has 0 fully saturated rings. The van der Waals surface area contributed by atoms with E-state index in [9.17, 15) is 9.59 Å². The first kappa shape index (κ1) is 15.3. The van der Waals surface area contributed by atoms with Gasteiger partial charge in [0.15, 0.2) is 0 Å². The number of halogens is 1. The van der Waals surface area contributed by atoms with Gasteiger partial charge >= 0.3 is 0 Å². The lowest BCUT2D eigenvalue weighted by Crippen LogP contribution is -2.43. The lowest BCUT2D eigenvalue weighted by molar-refractivity contribution is -0.128. The molecule has 1 rings (SSSR count). The van der Waals surface area contributed by atoms with Crippen LogP contribution in [0.15, 0.2) is 18.2 Å². The van der Waals surface area contributed by atoms with Gasteiger partial charge in [-0.3, -0.25) is 9.59 Å². The smallest absolute Gasteiger partial charge is 0.251 e. The molecule has 1 aromatic carbocycles. The maximum absolute atomic E-state index is 11.9. The SMILES string of the molecule is CNC(=O)C(C)(C)CNC(=O)c1cc(N)cc(Cl)c1. The Morgan fingerprint density at radius 1 is 1.32 bits per heavy atom. The number of nitrogen functional groups attached to an aromatic ring is 1. The summed E-state index contributed by atoms with van der Waals surface area (Å²) < 4.78 is 0. The number of anilines is 1. The summed E-state index contributed by atoms with van der Waals surface area (Å²) in [5.41, 5.74) is 5.73. The number of rotatable bonds is 4. The van der Waals surface area contributed by atoms with Gasteiger partial charge in [-0.05, 0) is 32.0 Å². The van der Waals surface area contributed by atoms with Crippen molar-refractivity contribution >= 4 is 29.1 Å². The summed E-state index contributed by atoms with van der Waals surface area (Å²) in [7, 11) is 1.56. The van der Waals surface area contributed by atoms with Gasteiger partial charge in [0, 0.05) is 29.9 Å². The Balaban J connectivity index is 2.73. The fourth-order valence-corrected chi connectivity index (χ4v) is 1.81. The van der Waals surface area contributed by atoms with Crippen LogP contribution in [0.25, 0.3) is 0 Å². The zero-order valence-electron chi connectivity index (χ0n) is 11.2. The van der Waals surface area contributed by atoms with Gasteiger partial charge in [-0.25, -0.2) is 0 Å². The van der Waals surface area contributed by atoms with Gasteiger partial charge in [0.05, 0.1) is 5.41 Å². The van der Waals surface area contributed by atoms with E-state index >= 15 is 0 Å². The summed E-state index contributed by atoms with van der Waals surface area (Å²) in [6.45, 7) is 3.72. The zero-order valence-corrected chi connectivity index (χ0v) is 12.0.